The Morgan fingerprint density at radius 2 is 2.38 bits per heavy atom. The van der Waals surface area contributed by atoms with Gasteiger partial charge in [0.1, 0.15) is 0 Å². The number of nitrogens with zero attached hydrogens (tertiary/aromatic N) is 1. The summed E-state index contributed by atoms with van der Waals surface area (Å²) in [4.78, 5) is 3.95. The third-order valence-corrected chi connectivity index (χ3v) is 2.50. The minimum absolute atomic E-state index is 0.488. The van der Waals surface area contributed by atoms with Crippen LogP contribution in [0.3, 0.4) is 0 Å². The van der Waals surface area contributed by atoms with Crippen molar-refractivity contribution in [3.63, 3.8) is 0 Å². The van der Waals surface area contributed by atoms with Crippen molar-refractivity contribution in [2.75, 3.05) is 12.3 Å². The third kappa shape index (κ3) is 1.91. The van der Waals surface area contributed by atoms with E-state index in [0.717, 1.165) is 18.3 Å². The average molecular weight is 178 g/mol. The predicted molar refractivity (Wildman–Crippen MR) is 51.5 cm³/mol. The zero-order valence-corrected chi connectivity index (χ0v) is 7.57. The Balaban J connectivity index is 1.89. The molecule has 1 aromatic heterocycles. The number of ether oxygens (including phenoxy) is 1. The van der Waals surface area contributed by atoms with E-state index in [-0.39, 0.29) is 0 Å². The summed E-state index contributed by atoms with van der Waals surface area (Å²) in [7, 11) is 0. The summed E-state index contributed by atoms with van der Waals surface area (Å²) in [6.45, 7) is 0.788. The van der Waals surface area contributed by atoms with E-state index in [9.17, 15) is 0 Å². The highest BCUT2D eigenvalue weighted by molar-refractivity contribution is 5.44. The van der Waals surface area contributed by atoms with Crippen LogP contribution in [0.25, 0.3) is 0 Å². The normalized spacial score (nSPS) is 16.6. The second kappa shape index (κ2) is 3.64. The van der Waals surface area contributed by atoms with Gasteiger partial charge in [-0.1, -0.05) is 6.42 Å². The molecule has 0 aromatic carbocycles. The second-order valence-electron chi connectivity index (χ2n) is 3.49. The van der Waals surface area contributed by atoms with Gasteiger partial charge in [-0.15, -0.1) is 0 Å². The number of nitrogens with two attached hydrogens (primary N) is 1. The minimum atomic E-state index is 0.488. The van der Waals surface area contributed by atoms with Crippen molar-refractivity contribution < 1.29 is 4.74 Å². The lowest BCUT2D eigenvalue weighted by Gasteiger charge is -2.25. The molecule has 2 N–H and O–H groups in total. The first-order valence-corrected chi connectivity index (χ1v) is 4.69. The second-order valence-corrected chi connectivity index (χ2v) is 3.49. The quantitative estimate of drug-likeness (QED) is 0.768. The summed E-state index contributed by atoms with van der Waals surface area (Å²) in [5, 5.41) is 0. The van der Waals surface area contributed by atoms with Gasteiger partial charge in [0.25, 0.3) is 0 Å². The van der Waals surface area contributed by atoms with Crippen molar-refractivity contribution in [1.29, 1.82) is 0 Å². The number of nitrogen functional groups attached to an aromatic ring is 1. The highest BCUT2D eigenvalue weighted by Gasteiger charge is 2.18. The molecule has 0 radical (unpaired) electrons. The lowest BCUT2D eigenvalue weighted by Crippen LogP contribution is -2.19. The summed E-state index contributed by atoms with van der Waals surface area (Å²) in [6.07, 6.45) is 5.60. The Labute approximate surface area is 77.9 Å². The van der Waals surface area contributed by atoms with Gasteiger partial charge in [0.05, 0.1) is 6.61 Å². The average Bonchev–Trinajstić information content (AvgIpc) is 2.05. The van der Waals surface area contributed by atoms with Gasteiger partial charge in [0.15, 0.2) is 11.6 Å². The predicted octanol–water partition coefficient (Wildman–Crippen LogP) is 1.84. The van der Waals surface area contributed by atoms with Crippen LogP contribution in [-0.2, 0) is 0 Å². The van der Waals surface area contributed by atoms with E-state index in [0.29, 0.717) is 5.82 Å². The van der Waals surface area contributed by atoms with Crippen LogP contribution in [-0.4, -0.2) is 11.6 Å². The minimum Gasteiger partial charge on any atom is -0.489 e. The largest absolute Gasteiger partial charge is 0.489 e. The molecule has 1 aromatic rings. The van der Waals surface area contributed by atoms with Crippen LogP contribution in [0.2, 0.25) is 0 Å². The number of pyridine rings is 1. The summed E-state index contributed by atoms with van der Waals surface area (Å²) in [6, 6.07) is 3.70. The highest BCUT2D eigenvalue weighted by atomic mass is 16.5. The Morgan fingerprint density at radius 1 is 1.54 bits per heavy atom. The van der Waals surface area contributed by atoms with Crippen molar-refractivity contribution in [2.45, 2.75) is 19.3 Å². The SMILES string of the molecule is Nc1ncccc1OCC1CCC1. The number of anilines is 1. The van der Waals surface area contributed by atoms with Gasteiger partial charge in [0.2, 0.25) is 0 Å². The molecule has 1 aliphatic carbocycles. The van der Waals surface area contributed by atoms with Gasteiger partial charge < -0.3 is 10.5 Å². The maximum Gasteiger partial charge on any atom is 0.166 e. The van der Waals surface area contributed by atoms with Gasteiger partial charge in [-0.2, -0.15) is 0 Å². The van der Waals surface area contributed by atoms with Gasteiger partial charge in [-0.25, -0.2) is 4.98 Å². The monoisotopic (exact) mass is 178 g/mol. The molecular formula is C10H14N2O. The molecule has 1 aliphatic rings. The molecule has 0 aliphatic heterocycles. The molecule has 70 valence electrons. The Kier molecular flexibility index (Phi) is 2.34. The standard InChI is InChI=1S/C10H14N2O/c11-10-9(5-2-6-12-10)13-7-8-3-1-4-8/h2,5-6,8H,1,3-4,7H2,(H2,11,12). The van der Waals surface area contributed by atoms with E-state index in [4.69, 9.17) is 10.5 Å². The lowest BCUT2D eigenvalue weighted by molar-refractivity contribution is 0.181. The van der Waals surface area contributed by atoms with Crippen LogP contribution in [0.5, 0.6) is 5.75 Å². The third-order valence-electron chi connectivity index (χ3n) is 2.50. The lowest BCUT2D eigenvalue weighted by atomic mass is 9.86. The first kappa shape index (κ1) is 8.35. The first-order valence-electron chi connectivity index (χ1n) is 4.69. The molecule has 1 saturated carbocycles. The van der Waals surface area contributed by atoms with E-state index < -0.39 is 0 Å². The fraction of sp³-hybridized carbons (Fsp3) is 0.500. The van der Waals surface area contributed by atoms with Crippen molar-refractivity contribution in [3.05, 3.63) is 18.3 Å². The van der Waals surface area contributed by atoms with Gasteiger partial charge in [0, 0.05) is 6.20 Å². The van der Waals surface area contributed by atoms with Crippen molar-refractivity contribution in [3.8, 4) is 5.75 Å². The number of hydrogen-bond donors (Lipinski definition) is 1. The van der Waals surface area contributed by atoms with E-state index in [1.54, 1.807) is 6.20 Å². The highest BCUT2D eigenvalue weighted by Crippen LogP contribution is 2.27. The molecule has 1 heterocycles. The smallest absolute Gasteiger partial charge is 0.166 e. The molecule has 0 atom stereocenters. The van der Waals surface area contributed by atoms with Crippen molar-refractivity contribution in [2.24, 2.45) is 5.92 Å². The van der Waals surface area contributed by atoms with E-state index in [2.05, 4.69) is 4.98 Å². The molecule has 0 saturated heterocycles. The van der Waals surface area contributed by atoms with Crippen LogP contribution in [0.1, 0.15) is 19.3 Å². The first-order chi connectivity index (χ1) is 6.36. The van der Waals surface area contributed by atoms with E-state index >= 15 is 0 Å². The van der Waals surface area contributed by atoms with Crippen LogP contribution in [0, 0.1) is 5.92 Å². The fourth-order valence-corrected chi connectivity index (χ4v) is 1.39. The summed E-state index contributed by atoms with van der Waals surface area (Å²) < 4.78 is 5.55. The molecule has 1 fully saturated rings. The Hall–Kier alpha value is -1.25. The van der Waals surface area contributed by atoms with E-state index in [1.165, 1.54) is 19.3 Å². The molecule has 0 bridgehead atoms. The maximum absolute atomic E-state index is 5.63. The summed E-state index contributed by atoms with van der Waals surface area (Å²) in [5.74, 6) is 1.94. The molecule has 0 spiro atoms. The maximum atomic E-state index is 5.63. The van der Waals surface area contributed by atoms with Crippen LogP contribution < -0.4 is 10.5 Å². The number of rotatable bonds is 3. The summed E-state index contributed by atoms with van der Waals surface area (Å²) >= 11 is 0. The summed E-state index contributed by atoms with van der Waals surface area (Å²) in [5.41, 5.74) is 5.63. The van der Waals surface area contributed by atoms with Crippen molar-refractivity contribution >= 4 is 5.82 Å². The zero-order valence-electron chi connectivity index (χ0n) is 7.57. The Bertz CT molecular complexity index is 284. The molecule has 3 nitrogen and oxygen atoms in total. The van der Waals surface area contributed by atoms with Gasteiger partial charge >= 0.3 is 0 Å². The van der Waals surface area contributed by atoms with Crippen LogP contribution >= 0.6 is 0 Å². The number of aromatic nitrogens is 1. The molecule has 13 heavy (non-hydrogen) atoms. The molecule has 0 amide bonds. The van der Waals surface area contributed by atoms with Crippen LogP contribution in [0.4, 0.5) is 5.82 Å². The number of hydrogen-bond acceptors (Lipinski definition) is 3. The van der Waals surface area contributed by atoms with Gasteiger partial charge in [-0.05, 0) is 30.9 Å². The Morgan fingerprint density at radius 3 is 3.00 bits per heavy atom. The van der Waals surface area contributed by atoms with E-state index in [1.807, 2.05) is 12.1 Å². The molecule has 0 unspecified atom stereocenters. The molecule has 3 heteroatoms. The fourth-order valence-electron chi connectivity index (χ4n) is 1.39. The van der Waals surface area contributed by atoms with Crippen LogP contribution in [0.15, 0.2) is 18.3 Å². The topological polar surface area (TPSA) is 48.1 Å². The zero-order chi connectivity index (χ0) is 9.10. The molecule has 2 rings (SSSR count). The van der Waals surface area contributed by atoms with Gasteiger partial charge in [-0.3, -0.25) is 0 Å². The molecular weight excluding hydrogens is 164 g/mol. The van der Waals surface area contributed by atoms with Crippen molar-refractivity contribution in [1.82, 2.24) is 4.98 Å².